The molecule has 1 atom stereocenters. The molecular weight excluding hydrogens is 94.0 g/mol. The highest BCUT2D eigenvalue weighted by molar-refractivity contribution is 5.73. The summed E-state index contributed by atoms with van der Waals surface area (Å²) in [6.07, 6.45) is 0. The molecule has 0 fully saturated rings. The molecule has 3 N–H and O–H groups in total. The van der Waals surface area contributed by atoms with Crippen LogP contribution in [0.1, 0.15) is 6.92 Å². The zero-order valence-corrected chi connectivity index (χ0v) is 4.60. The van der Waals surface area contributed by atoms with Crippen molar-refractivity contribution >= 4 is 5.97 Å². The van der Waals surface area contributed by atoms with Gasteiger partial charge in [-0.25, -0.2) is 4.79 Å². The van der Waals surface area contributed by atoms with Crippen molar-refractivity contribution in [3.05, 3.63) is 0 Å². The van der Waals surface area contributed by atoms with E-state index in [-0.39, 0.29) is 12.0 Å². The molecule has 0 bridgehead atoms. The highest BCUT2D eigenvalue weighted by Crippen LogP contribution is 1.73. The number of carbonyl (C=O) groups excluding carboxylic acids is 1. The first kappa shape index (κ1) is 6.43. The monoisotopic (exact) mass is 104 g/mol. The van der Waals surface area contributed by atoms with Gasteiger partial charge in [0.1, 0.15) is 0 Å². The number of esters is 1. The van der Waals surface area contributed by atoms with Crippen LogP contribution in [-0.4, -0.2) is 19.1 Å². The van der Waals surface area contributed by atoms with Gasteiger partial charge in [-0.05, 0) is 6.92 Å². The molecule has 7 heavy (non-hydrogen) atoms. The van der Waals surface area contributed by atoms with Crippen LogP contribution in [0.3, 0.4) is 0 Å². The van der Waals surface area contributed by atoms with Crippen LogP contribution in [0.4, 0.5) is 0 Å². The molecule has 0 saturated heterocycles. The average Bonchev–Trinajstić information content (AvgIpc) is 1.65. The Kier molecular flexibility index (Phi) is 2.37. The van der Waals surface area contributed by atoms with Crippen LogP contribution in [-0.2, 0) is 9.53 Å². The van der Waals surface area contributed by atoms with Gasteiger partial charge in [0.2, 0.25) is 0 Å². The van der Waals surface area contributed by atoms with Gasteiger partial charge >= 0.3 is 5.97 Å². The van der Waals surface area contributed by atoms with Crippen LogP contribution in [0, 0.1) is 0 Å². The van der Waals surface area contributed by atoms with E-state index in [9.17, 15) is 4.79 Å². The molecule has 0 heterocycles. The number of methoxy groups -OCH3 is 1. The number of rotatable bonds is 1. The summed E-state index contributed by atoms with van der Waals surface area (Å²) in [6.45, 7) is 1.69. The van der Waals surface area contributed by atoms with E-state index in [1.165, 1.54) is 7.11 Å². The highest BCUT2D eigenvalue weighted by Gasteiger charge is 2.08. The molecule has 0 aromatic heterocycles. The minimum absolute atomic E-state index is 0.245. The van der Waals surface area contributed by atoms with E-state index in [4.69, 9.17) is 0 Å². The summed E-state index contributed by atoms with van der Waals surface area (Å²) in [7, 11) is 1.35. The van der Waals surface area contributed by atoms with Crippen LogP contribution >= 0.6 is 0 Å². The number of ether oxygens (including phenoxy) is 1. The van der Waals surface area contributed by atoms with E-state index in [1.807, 2.05) is 0 Å². The first-order valence-electron chi connectivity index (χ1n) is 2.09. The Morgan fingerprint density at radius 3 is 2.29 bits per heavy atom. The Bertz CT molecular complexity index is 70.1. The van der Waals surface area contributed by atoms with Crippen LogP contribution < -0.4 is 5.73 Å². The minimum atomic E-state index is -0.264. The Labute approximate surface area is 42.4 Å². The maximum Gasteiger partial charge on any atom is 0.364 e. The topological polar surface area (TPSA) is 53.9 Å². The summed E-state index contributed by atoms with van der Waals surface area (Å²) in [4.78, 5) is 10.2. The third kappa shape index (κ3) is 2.17. The second-order valence-corrected chi connectivity index (χ2v) is 1.42. The molecule has 0 aliphatic carbocycles. The zero-order chi connectivity index (χ0) is 5.86. The maximum atomic E-state index is 10.2. The molecular formula is C4H10NO2+. The first-order valence-corrected chi connectivity index (χ1v) is 2.09. The third-order valence-corrected chi connectivity index (χ3v) is 0.604. The molecule has 3 nitrogen and oxygen atoms in total. The van der Waals surface area contributed by atoms with Crippen molar-refractivity contribution in [1.82, 2.24) is 0 Å². The standard InChI is InChI=1S/C4H9NO2/c1-3(5)4(6)7-2/h3H,5H2,1-2H3/p+1/t3-/m1/s1. The Morgan fingerprint density at radius 1 is 1.86 bits per heavy atom. The van der Waals surface area contributed by atoms with Gasteiger partial charge < -0.3 is 10.5 Å². The number of hydrogen-bond acceptors (Lipinski definition) is 2. The molecule has 0 radical (unpaired) electrons. The normalized spacial score (nSPS) is 13.0. The van der Waals surface area contributed by atoms with Gasteiger partial charge in [0.15, 0.2) is 6.04 Å². The predicted molar refractivity (Wildman–Crippen MR) is 24.4 cm³/mol. The molecule has 42 valence electrons. The van der Waals surface area contributed by atoms with E-state index in [0.717, 1.165) is 0 Å². The van der Waals surface area contributed by atoms with Gasteiger partial charge in [0.05, 0.1) is 7.11 Å². The Morgan fingerprint density at radius 2 is 2.29 bits per heavy atom. The van der Waals surface area contributed by atoms with E-state index >= 15 is 0 Å². The van der Waals surface area contributed by atoms with Crippen LogP contribution in [0.25, 0.3) is 0 Å². The summed E-state index contributed by atoms with van der Waals surface area (Å²) in [6, 6.07) is -0.245. The molecule has 0 saturated carbocycles. The molecule has 3 heteroatoms. The molecule has 0 aliphatic heterocycles. The van der Waals surface area contributed by atoms with E-state index in [2.05, 4.69) is 10.5 Å². The van der Waals surface area contributed by atoms with E-state index in [1.54, 1.807) is 6.92 Å². The lowest BCUT2D eigenvalue weighted by Crippen LogP contribution is -2.63. The summed E-state index contributed by atoms with van der Waals surface area (Å²) in [5.41, 5.74) is 3.43. The first-order chi connectivity index (χ1) is 3.18. The lowest BCUT2D eigenvalue weighted by Gasteiger charge is -1.95. The smallest absolute Gasteiger partial charge is 0.364 e. The van der Waals surface area contributed by atoms with Crippen molar-refractivity contribution in [2.75, 3.05) is 7.11 Å². The molecule has 0 rings (SSSR count). The largest absolute Gasteiger partial charge is 0.465 e. The van der Waals surface area contributed by atoms with Crippen molar-refractivity contribution in [3.8, 4) is 0 Å². The lowest BCUT2D eigenvalue weighted by molar-refractivity contribution is -0.402. The fourth-order valence-electron chi connectivity index (χ4n) is 0.201. The SMILES string of the molecule is COC(=O)[C@@H](C)[NH3+]. The van der Waals surface area contributed by atoms with Crippen molar-refractivity contribution in [2.45, 2.75) is 13.0 Å². The van der Waals surface area contributed by atoms with Crippen LogP contribution in [0.15, 0.2) is 0 Å². The van der Waals surface area contributed by atoms with Gasteiger partial charge in [0, 0.05) is 0 Å². The quantitative estimate of drug-likeness (QED) is 0.424. The number of carbonyl (C=O) groups is 1. The van der Waals surface area contributed by atoms with Gasteiger partial charge in [0.25, 0.3) is 0 Å². The van der Waals surface area contributed by atoms with Crippen molar-refractivity contribution in [2.24, 2.45) is 0 Å². The molecule has 0 aromatic rings. The molecule has 0 aromatic carbocycles. The van der Waals surface area contributed by atoms with Gasteiger partial charge in [-0.15, -0.1) is 0 Å². The fourth-order valence-corrected chi connectivity index (χ4v) is 0.201. The second kappa shape index (κ2) is 2.58. The minimum Gasteiger partial charge on any atom is -0.465 e. The summed E-state index contributed by atoms with van der Waals surface area (Å²) < 4.78 is 4.31. The van der Waals surface area contributed by atoms with Crippen LogP contribution in [0.5, 0.6) is 0 Å². The highest BCUT2D eigenvalue weighted by atomic mass is 16.5. The third-order valence-electron chi connectivity index (χ3n) is 0.604. The molecule has 0 amide bonds. The number of quaternary nitrogens is 1. The van der Waals surface area contributed by atoms with E-state index < -0.39 is 0 Å². The summed E-state index contributed by atoms with van der Waals surface area (Å²) >= 11 is 0. The average molecular weight is 104 g/mol. The van der Waals surface area contributed by atoms with E-state index in [0.29, 0.717) is 0 Å². The lowest BCUT2D eigenvalue weighted by atomic mass is 10.4. The Balaban J connectivity index is 3.35. The van der Waals surface area contributed by atoms with Gasteiger partial charge in [-0.1, -0.05) is 0 Å². The van der Waals surface area contributed by atoms with Crippen molar-refractivity contribution in [3.63, 3.8) is 0 Å². The molecule has 0 aliphatic rings. The number of hydrogen-bond donors (Lipinski definition) is 1. The maximum absolute atomic E-state index is 10.2. The fraction of sp³-hybridized carbons (Fsp3) is 0.750. The van der Waals surface area contributed by atoms with Crippen molar-refractivity contribution < 1.29 is 15.3 Å². The molecule has 0 unspecified atom stereocenters. The zero-order valence-electron chi connectivity index (χ0n) is 4.60. The van der Waals surface area contributed by atoms with Crippen LogP contribution in [0.2, 0.25) is 0 Å². The second-order valence-electron chi connectivity index (χ2n) is 1.42. The summed E-state index contributed by atoms with van der Waals surface area (Å²) in [5, 5.41) is 0. The van der Waals surface area contributed by atoms with Gasteiger partial charge in [-0.3, -0.25) is 0 Å². The Hall–Kier alpha value is -0.570. The van der Waals surface area contributed by atoms with Crippen molar-refractivity contribution in [1.29, 1.82) is 0 Å². The predicted octanol–water partition coefficient (Wildman–Crippen LogP) is -1.21. The van der Waals surface area contributed by atoms with Gasteiger partial charge in [-0.2, -0.15) is 0 Å². The molecule has 0 spiro atoms. The summed E-state index contributed by atoms with van der Waals surface area (Å²) in [5.74, 6) is -0.264.